The smallest absolute Gasteiger partial charge is 0.407 e. The molecule has 9 heterocycles. The van der Waals surface area contributed by atoms with Gasteiger partial charge in [-0.05, 0) is 92.5 Å². The average Bonchev–Trinajstić information content (AvgIpc) is 4.10. The summed E-state index contributed by atoms with van der Waals surface area (Å²) in [6, 6.07) is 16.0. The van der Waals surface area contributed by atoms with E-state index in [-0.39, 0.29) is 47.7 Å². The molecule has 6 aliphatic rings. The molecule has 5 aliphatic heterocycles. The molecule has 12 rings (SSSR count). The number of ether oxygens (including phenoxy) is 2. The molecule has 4 aromatic heterocycles. The number of piperidine rings is 3. The van der Waals surface area contributed by atoms with Crippen molar-refractivity contribution >= 4 is 45.7 Å². The fourth-order valence-corrected chi connectivity index (χ4v) is 11.6. The van der Waals surface area contributed by atoms with E-state index in [0.29, 0.717) is 66.1 Å². The molecule has 4 bridgehead atoms. The average molecular weight is 913 g/mol. The van der Waals surface area contributed by atoms with E-state index < -0.39 is 12.0 Å². The van der Waals surface area contributed by atoms with Crippen LogP contribution in [-0.4, -0.2) is 110 Å². The van der Waals surface area contributed by atoms with Gasteiger partial charge in [-0.1, -0.05) is 36.4 Å². The first-order valence-electron chi connectivity index (χ1n) is 23.9. The Bertz CT molecular complexity index is 2900. The zero-order chi connectivity index (χ0) is 45.9. The molecule has 3 N–H and O–H groups in total. The summed E-state index contributed by atoms with van der Waals surface area (Å²) >= 11 is 0. The highest BCUT2D eigenvalue weighted by molar-refractivity contribution is 6.14. The van der Waals surface area contributed by atoms with Crippen molar-refractivity contribution in [2.24, 2.45) is 13.0 Å². The predicted octanol–water partition coefficient (Wildman–Crippen LogP) is 6.35. The molecule has 1 aliphatic carbocycles. The maximum Gasteiger partial charge on any atom is 0.407 e. The molecule has 350 valence electrons. The van der Waals surface area contributed by atoms with Gasteiger partial charge in [-0.2, -0.15) is 4.39 Å². The third-order valence-electron chi connectivity index (χ3n) is 15.3. The number of benzene rings is 2. The van der Waals surface area contributed by atoms with Crippen LogP contribution in [0.25, 0.3) is 44.5 Å². The molecule has 16 nitrogen and oxygen atoms in total. The fraction of sp³-hybridized carbons (Fsp3) is 0.480. The highest BCUT2D eigenvalue weighted by Crippen LogP contribution is 2.44. The number of halogens is 1. The number of carbonyl (C=O) groups is 3. The number of amides is 3. The molecule has 1 unspecified atom stereocenters. The lowest BCUT2D eigenvalue weighted by Gasteiger charge is -2.38. The van der Waals surface area contributed by atoms with Crippen molar-refractivity contribution in [2.45, 2.75) is 94.4 Å². The summed E-state index contributed by atoms with van der Waals surface area (Å²) < 4.78 is 33.2. The summed E-state index contributed by atoms with van der Waals surface area (Å²) in [4.78, 5) is 64.1. The van der Waals surface area contributed by atoms with Crippen LogP contribution in [0.15, 0.2) is 65.7 Å². The van der Waals surface area contributed by atoms with Crippen LogP contribution in [0.3, 0.4) is 0 Å². The first-order chi connectivity index (χ1) is 32.6. The Kier molecular flexibility index (Phi) is 11.4. The van der Waals surface area contributed by atoms with Crippen LogP contribution >= 0.6 is 0 Å². The number of aryl methyl sites for hydroxylation is 2. The number of fused-ring (bicyclic) bond motifs is 5. The topological polar surface area (TPSA) is 174 Å². The van der Waals surface area contributed by atoms with E-state index in [1.807, 2.05) is 27.6 Å². The molecular weight excluding hydrogens is 856 g/mol. The van der Waals surface area contributed by atoms with Crippen LogP contribution in [0.2, 0.25) is 0 Å². The van der Waals surface area contributed by atoms with Gasteiger partial charge in [0.05, 0.1) is 65.1 Å². The van der Waals surface area contributed by atoms with E-state index in [2.05, 4.69) is 66.9 Å². The minimum atomic E-state index is -0.565. The largest absolute Gasteiger partial charge is 0.453 e. The van der Waals surface area contributed by atoms with Crippen molar-refractivity contribution in [1.29, 1.82) is 0 Å². The van der Waals surface area contributed by atoms with Gasteiger partial charge in [0.1, 0.15) is 5.65 Å². The first-order valence-corrected chi connectivity index (χ1v) is 23.9. The Labute approximate surface area is 386 Å². The summed E-state index contributed by atoms with van der Waals surface area (Å²) in [6.45, 7) is 5.30. The third-order valence-corrected chi connectivity index (χ3v) is 15.3. The van der Waals surface area contributed by atoms with Crippen LogP contribution in [0, 0.1) is 11.9 Å². The number of H-pyrrole nitrogens is 1. The lowest BCUT2D eigenvalue weighted by atomic mass is 9.90. The number of hydrogen-bond donors (Lipinski definition) is 3. The molecule has 3 amide bonds. The molecule has 1 saturated carbocycles. The molecule has 4 fully saturated rings. The van der Waals surface area contributed by atoms with Gasteiger partial charge in [0.2, 0.25) is 17.8 Å². The van der Waals surface area contributed by atoms with Crippen LogP contribution in [-0.2, 0) is 32.5 Å². The summed E-state index contributed by atoms with van der Waals surface area (Å²) in [5.41, 5.74) is 7.48. The van der Waals surface area contributed by atoms with E-state index in [9.17, 15) is 19.2 Å². The number of aromatic amines is 1. The Morgan fingerprint density at radius 1 is 0.940 bits per heavy atom. The molecule has 4 atom stereocenters. The number of methoxy groups -OCH3 is 1. The first kappa shape index (κ1) is 43.3. The van der Waals surface area contributed by atoms with Crippen molar-refractivity contribution in [2.75, 3.05) is 51.3 Å². The quantitative estimate of drug-likeness (QED) is 0.153. The van der Waals surface area contributed by atoms with Gasteiger partial charge < -0.3 is 29.6 Å². The Morgan fingerprint density at radius 3 is 2.46 bits per heavy atom. The molecule has 17 heteroatoms. The minimum absolute atomic E-state index is 0.0410. The van der Waals surface area contributed by atoms with Gasteiger partial charge in [0, 0.05) is 76.3 Å². The van der Waals surface area contributed by atoms with Crippen LogP contribution in [0.5, 0.6) is 0 Å². The lowest BCUT2D eigenvalue weighted by molar-refractivity contribution is -0.134. The second-order valence-corrected chi connectivity index (χ2v) is 19.3. The molecule has 0 spiro atoms. The van der Waals surface area contributed by atoms with Crippen molar-refractivity contribution in [3.05, 3.63) is 88.5 Å². The van der Waals surface area contributed by atoms with Gasteiger partial charge in [0.15, 0.2) is 0 Å². The van der Waals surface area contributed by atoms with Crippen molar-refractivity contribution < 1.29 is 28.2 Å². The maximum atomic E-state index is 16.5. The van der Waals surface area contributed by atoms with Gasteiger partial charge in [-0.25, -0.2) is 14.6 Å². The van der Waals surface area contributed by atoms with Gasteiger partial charge in [-0.3, -0.25) is 28.7 Å². The van der Waals surface area contributed by atoms with Gasteiger partial charge >= 0.3 is 11.8 Å². The number of aromatic nitrogens is 6. The highest BCUT2D eigenvalue weighted by atomic mass is 19.1. The van der Waals surface area contributed by atoms with Crippen LogP contribution < -0.4 is 21.2 Å². The summed E-state index contributed by atoms with van der Waals surface area (Å²) in [5, 5.41) is 10.7. The number of pyridine rings is 1. The van der Waals surface area contributed by atoms with Gasteiger partial charge in [0.25, 0.3) is 0 Å². The number of carbonyl (C=O) groups excluding carboxylic acids is 3. The van der Waals surface area contributed by atoms with Crippen molar-refractivity contribution in [3.63, 3.8) is 0 Å². The normalized spacial score (nSPS) is 23.2. The van der Waals surface area contributed by atoms with Crippen LogP contribution in [0.1, 0.15) is 86.9 Å². The second-order valence-electron chi connectivity index (χ2n) is 19.3. The minimum Gasteiger partial charge on any atom is -0.453 e. The number of alkyl carbamates (subject to hydrolysis) is 1. The van der Waals surface area contributed by atoms with E-state index in [1.54, 1.807) is 17.8 Å². The van der Waals surface area contributed by atoms with Gasteiger partial charge in [-0.15, -0.1) is 5.10 Å². The Hall–Kier alpha value is -6.33. The molecular formula is C50H57FN10O6. The molecule has 6 aromatic rings. The molecule has 3 saturated heterocycles. The molecule has 67 heavy (non-hydrogen) atoms. The Balaban J connectivity index is 0.821. The maximum absolute atomic E-state index is 16.5. The summed E-state index contributed by atoms with van der Waals surface area (Å²) in [7, 11) is 3.08. The Morgan fingerprint density at radius 2 is 1.72 bits per heavy atom. The lowest BCUT2D eigenvalue weighted by Crippen LogP contribution is -2.42. The monoisotopic (exact) mass is 912 g/mol. The fourth-order valence-electron chi connectivity index (χ4n) is 11.6. The molecule has 2 aromatic carbocycles. The van der Waals surface area contributed by atoms with Crippen LogP contribution in [0.4, 0.5) is 14.9 Å². The number of anilines is 1. The SMILES string of the molecule is COC(=O)N[C@H]1C[C@H]2C[C@H]1OCCCc1ccc(cc1)-c1c(-c3cn(C4CCN(CC5CCN(c6ccc(C7CCC(=O)NC7=O)cc6)CC5)CC4)nc3F)[nH]c3ncc4c(c13)n2c(=O)n4C. The number of nitrogens with one attached hydrogen (secondary N) is 3. The van der Waals surface area contributed by atoms with E-state index >= 15 is 4.39 Å². The number of nitrogens with zero attached hydrogens (tertiary/aromatic N) is 7. The standard InChI is InChI=1S/C50H57FN10O6/c1-57-39-26-52-47-43-42(32-7-5-29(6-8-32)4-3-23-67-40-25-35(61(45(39)43)50(57)65)24-38(40)53-49(64)66-2)44(55-47)37-28-60(56-46(37)51)34-17-19-58(20-18-34)27-30-15-21-59(22-16-30)33-11-9-31(10-12-33)36-13-14-41(62)54-48(36)63/h5-12,26,28,30,34-36,38,40H,3-4,13-25,27H2,1-2H3,(H,52,55)(H,53,64)(H,54,62,63)/t35-,36?,38-,40+/m0/s1. The number of imidazole rings is 1. The zero-order valence-corrected chi connectivity index (χ0v) is 38.0. The van der Waals surface area contributed by atoms with Crippen molar-refractivity contribution in [3.8, 4) is 22.4 Å². The second kappa shape index (κ2) is 17.7. The van der Waals surface area contributed by atoms with Crippen molar-refractivity contribution in [1.82, 2.24) is 44.4 Å². The van der Waals surface area contributed by atoms with E-state index in [0.717, 1.165) is 105 Å². The number of rotatable bonds is 7. The van der Waals surface area contributed by atoms with E-state index in [1.165, 1.54) is 7.11 Å². The summed E-state index contributed by atoms with van der Waals surface area (Å²) in [6.07, 6.45) is 10.1. The summed E-state index contributed by atoms with van der Waals surface area (Å²) in [5.74, 6) is -0.652. The number of hydrogen-bond acceptors (Lipinski definition) is 10. The predicted molar refractivity (Wildman–Crippen MR) is 250 cm³/mol. The number of likely N-dealkylation sites (tertiary alicyclic amines) is 1. The molecule has 0 radical (unpaired) electrons. The number of imide groups is 1. The highest BCUT2D eigenvalue weighted by Gasteiger charge is 2.40. The third kappa shape index (κ3) is 8.09. The van der Waals surface area contributed by atoms with E-state index in [4.69, 9.17) is 14.5 Å². The zero-order valence-electron chi connectivity index (χ0n) is 38.0.